The zero-order valence-corrected chi connectivity index (χ0v) is 16.0. The third kappa shape index (κ3) is 4.59. The number of nitrogens with one attached hydrogen (secondary N) is 1. The van der Waals surface area contributed by atoms with Crippen LogP contribution < -0.4 is 5.43 Å². The quantitative estimate of drug-likeness (QED) is 0.384. The Hall–Kier alpha value is -4.26. The number of aromatic nitrogens is 3. The van der Waals surface area contributed by atoms with Gasteiger partial charge >= 0.3 is 0 Å². The summed E-state index contributed by atoms with van der Waals surface area (Å²) in [6.07, 6.45) is 6.64. The van der Waals surface area contributed by atoms with Crippen LogP contribution in [0, 0.1) is 0 Å². The van der Waals surface area contributed by atoms with Gasteiger partial charge < -0.3 is 5.11 Å². The van der Waals surface area contributed by atoms with Gasteiger partial charge in [-0.25, -0.2) is 10.1 Å². The number of carbonyl (C=O) groups excluding carboxylic acids is 1. The van der Waals surface area contributed by atoms with E-state index in [4.69, 9.17) is 0 Å². The van der Waals surface area contributed by atoms with E-state index in [0.717, 1.165) is 16.3 Å². The molecule has 1 amide bonds. The van der Waals surface area contributed by atoms with E-state index >= 15 is 0 Å². The minimum Gasteiger partial charge on any atom is -0.507 e. The topological polar surface area (TPSA) is 92.4 Å². The molecule has 4 aromatic rings. The van der Waals surface area contributed by atoms with E-state index in [-0.39, 0.29) is 11.3 Å². The van der Waals surface area contributed by atoms with Crippen molar-refractivity contribution in [1.82, 2.24) is 20.4 Å². The van der Waals surface area contributed by atoms with Crippen molar-refractivity contribution in [3.05, 3.63) is 95.8 Å². The number of aromatic hydroxyl groups is 1. The van der Waals surface area contributed by atoms with Gasteiger partial charge in [-0.05, 0) is 40.6 Å². The Balaban J connectivity index is 1.34. The summed E-state index contributed by atoms with van der Waals surface area (Å²) in [6, 6.07) is 20.7. The zero-order chi connectivity index (χ0) is 20.8. The van der Waals surface area contributed by atoms with Gasteiger partial charge in [0.05, 0.1) is 18.3 Å². The van der Waals surface area contributed by atoms with E-state index in [0.29, 0.717) is 12.2 Å². The molecule has 0 atom stereocenters. The van der Waals surface area contributed by atoms with E-state index in [1.54, 1.807) is 29.0 Å². The number of hydrazone groups is 1. The number of benzene rings is 3. The number of carbonyl (C=O) groups is 1. The molecular weight excluding hydrogens is 378 g/mol. The Morgan fingerprint density at radius 1 is 1.07 bits per heavy atom. The molecule has 0 aliphatic carbocycles. The van der Waals surface area contributed by atoms with Crippen molar-refractivity contribution >= 4 is 29.0 Å². The summed E-state index contributed by atoms with van der Waals surface area (Å²) in [4.78, 5) is 12.3. The molecule has 1 heterocycles. The summed E-state index contributed by atoms with van der Waals surface area (Å²) in [5, 5.41) is 23.9. The summed E-state index contributed by atoms with van der Waals surface area (Å²) >= 11 is 0. The molecule has 148 valence electrons. The molecule has 2 N–H and O–H groups in total. The van der Waals surface area contributed by atoms with Crippen LogP contribution in [0.3, 0.4) is 0 Å². The molecule has 7 heteroatoms. The molecule has 1 aromatic heterocycles. The predicted molar refractivity (Wildman–Crippen MR) is 116 cm³/mol. The molecule has 0 aliphatic rings. The fraction of sp³-hybridized carbons (Fsp3) is 0.0435. The van der Waals surface area contributed by atoms with Crippen LogP contribution in [0.15, 0.2) is 84.1 Å². The minimum atomic E-state index is -0.489. The zero-order valence-electron chi connectivity index (χ0n) is 16.0. The van der Waals surface area contributed by atoms with Crippen LogP contribution in [-0.2, 0) is 6.54 Å². The van der Waals surface area contributed by atoms with Crippen molar-refractivity contribution in [2.45, 2.75) is 6.54 Å². The molecule has 3 aromatic carbocycles. The average molecular weight is 397 g/mol. The second kappa shape index (κ2) is 8.83. The second-order valence-electron chi connectivity index (χ2n) is 6.62. The first-order valence-electron chi connectivity index (χ1n) is 9.35. The van der Waals surface area contributed by atoms with E-state index in [1.807, 2.05) is 60.8 Å². The molecule has 0 saturated carbocycles. The van der Waals surface area contributed by atoms with Crippen molar-refractivity contribution in [1.29, 1.82) is 0 Å². The van der Waals surface area contributed by atoms with Crippen molar-refractivity contribution in [3.63, 3.8) is 0 Å². The molecule has 0 radical (unpaired) electrons. The summed E-state index contributed by atoms with van der Waals surface area (Å²) in [6.45, 7) is 0.640. The number of phenols is 1. The number of fused-ring (bicyclic) bond motifs is 1. The summed E-state index contributed by atoms with van der Waals surface area (Å²) < 4.78 is 1.75. The number of nitrogens with zero attached hydrogens (tertiary/aromatic N) is 4. The van der Waals surface area contributed by atoms with Crippen LogP contribution in [0.5, 0.6) is 5.75 Å². The fourth-order valence-corrected chi connectivity index (χ4v) is 2.99. The highest BCUT2D eigenvalue weighted by atomic mass is 16.3. The molecule has 4 rings (SSSR count). The third-order valence-electron chi connectivity index (χ3n) is 4.45. The van der Waals surface area contributed by atoms with Crippen LogP contribution in [0.1, 0.15) is 21.6 Å². The first kappa shape index (κ1) is 19.1. The van der Waals surface area contributed by atoms with E-state index in [1.165, 1.54) is 6.21 Å². The van der Waals surface area contributed by atoms with Crippen molar-refractivity contribution in [2.75, 3.05) is 0 Å². The Bertz CT molecular complexity index is 1230. The van der Waals surface area contributed by atoms with E-state index in [9.17, 15) is 9.90 Å². The molecule has 0 saturated heterocycles. The third-order valence-corrected chi connectivity index (χ3v) is 4.45. The first-order chi connectivity index (χ1) is 14.7. The van der Waals surface area contributed by atoms with Gasteiger partial charge in [-0.1, -0.05) is 59.8 Å². The van der Waals surface area contributed by atoms with Crippen LogP contribution in [-0.4, -0.2) is 32.2 Å². The normalized spacial score (nSPS) is 11.5. The standard InChI is InChI=1S/C23H19N5O2/c29-22-14-19-10-5-4-9-18(19)13-21(22)23(30)26-24-12-6-11-20-16-28(27-25-20)15-17-7-2-1-3-8-17/h1-14,16,29H,15H2,(H,26,30)/b11-6+,24-12-. The SMILES string of the molecule is O=C(N/N=C\C=C\c1cn(Cc2ccccc2)nn1)c1cc2ccccc2cc1O. The maximum absolute atomic E-state index is 12.3. The number of hydrogen-bond donors (Lipinski definition) is 2. The van der Waals surface area contributed by atoms with Gasteiger partial charge in [0, 0.05) is 6.21 Å². The van der Waals surface area contributed by atoms with E-state index in [2.05, 4.69) is 20.8 Å². The Morgan fingerprint density at radius 2 is 1.80 bits per heavy atom. The molecule has 0 spiro atoms. The second-order valence-corrected chi connectivity index (χ2v) is 6.62. The summed E-state index contributed by atoms with van der Waals surface area (Å²) in [5.41, 5.74) is 4.39. The van der Waals surface area contributed by atoms with Gasteiger partial charge in [-0.15, -0.1) is 5.10 Å². The lowest BCUT2D eigenvalue weighted by molar-refractivity contribution is 0.0952. The van der Waals surface area contributed by atoms with Crippen molar-refractivity contribution in [2.24, 2.45) is 5.10 Å². The molecule has 30 heavy (non-hydrogen) atoms. The van der Waals surface area contributed by atoms with Crippen LogP contribution in [0.25, 0.3) is 16.8 Å². The van der Waals surface area contributed by atoms with Gasteiger partial charge in [0.25, 0.3) is 5.91 Å². The number of phenolic OH excluding ortho intramolecular Hbond substituents is 1. The number of hydrogen-bond acceptors (Lipinski definition) is 5. The molecule has 0 bridgehead atoms. The molecular formula is C23H19N5O2. The van der Waals surface area contributed by atoms with Gasteiger partial charge in [0.2, 0.25) is 0 Å². The Kier molecular flexibility index (Phi) is 5.61. The molecule has 0 aliphatic heterocycles. The van der Waals surface area contributed by atoms with Crippen LogP contribution in [0.4, 0.5) is 0 Å². The summed E-state index contributed by atoms with van der Waals surface area (Å²) in [5.74, 6) is -0.580. The first-order valence-corrected chi connectivity index (χ1v) is 9.35. The molecule has 7 nitrogen and oxygen atoms in total. The lowest BCUT2D eigenvalue weighted by Crippen LogP contribution is -2.17. The van der Waals surface area contributed by atoms with Crippen molar-refractivity contribution in [3.8, 4) is 5.75 Å². The monoisotopic (exact) mass is 397 g/mol. The number of amides is 1. The van der Waals surface area contributed by atoms with E-state index < -0.39 is 5.91 Å². The number of rotatable bonds is 6. The number of allylic oxidation sites excluding steroid dienone is 1. The molecule has 0 fully saturated rings. The van der Waals surface area contributed by atoms with Crippen LogP contribution in [0.2, 0.25) is 0 Å². The maximum Gasteiger partial charge on any atom is 0.275 e. The minimum absolute atomic E-state index is 0.0908. The summed E-state index contributed by atoms with van der Waals surface area (Å²) in [7, 11) is 0. The molecule has 0 unspecified atom stereocenters. The lowest BCUT2D eigenvalue weighted by Gasteiger charge is -2.05. The average Bonchev–Trinajstić information content (AvgIpc) is 3.20. The highest BCUT2D eigenvalue weighted by Crippen LogP contribution is 2.24. The van der Waals surface area contributed by atoms with Gasteiger partial charge in [0.15, 0.2) is 0 Å². The van der Waals surface area contributed by atoms with Crippen LogP contribution >= 0.6 is 0 Å². The van der Waals surface area contributed by atoms with Gasteiger partial charge in [-0.3, -0.25) is 4.79 Å². The highest BCUT2D eigenvalue weighted by molar-refractivity contribution is 6.01. The largest absolute Gasteiger partial charge is 0.507 e. The Labute approximate surface area is 173 Å². The highest BCUT2D eigenvalue weighted by Gasteiger charge is 2.11. The van der Waals surface area contributed by atoms with Gasteiger partial charge in [0.1, 0.15) is 11.4 Å². The van der Waals surface area contributed by atoms with Crippen molar-refractivity contribution < 1.29 is 9.90 Å². The fourth-order valence-electron chi connectivity index (χ4n) is 2.99. The smallest absolute Gasteiger partial charge is 0.275 e. The van der Waals surface area contributed by atoms with Gasteiger partial charge in [-0.2, -0.15) is 5.10 Å². The maximum atomic E-state index is 12.3. The lowest BCUT2D eigenvalue weighted by atomic mass is 10.1. The predicted octanol–water partition coefficient (Wildman–Crippen LogP) is 3.61. The Morgan fingerprint density at radius 3 is 2.60 bits per heavy atom.